The van der Waals surface area contributed by atoms with Crippen molar-refractivity contribution in [2.24, 2.45) is 0 Å². The molecule has 0 fully saturated rings. The Labute approximate surface area is 119 Å². The van der Waals surface area contributed by atoms with Crippen LogP contribution < -0.4 is 5.32 Å². The minimum atomic E-state index is 0.868. The molecule has 4 heteroatoms. The SMILES string of the molecule is CCCNCc1ccn(CCSc2ccccc2)n1. The third kappa shape index (κ3) is 5.09. The van der Waals surface area contributed by atoms with Gasteiger partial charge in [0.2, 0.25) is 0 Å². The number of nitrogens with one attached hydrogen (secondary N) is 1. The first-order chi connectivity index (χ1) is 9.38. The Morgan fingerprint density at radius 1 is 1.21 bits per heavy atom. The van der Waals surface area contributed by atoms with Gasteiger partial charge in [0.1, 0.15) is 0 Å². The molecule has 19 heavy (non-hydrogen) atoms. The van der Waals surface area contributed by atoms with Crippen LogP contribution in [0.2, 0.25) is 0 Å². The van der Waals surface area contributed by atoms with Crippen molar-refractivity contribution in [1.29, 1.82) is 0 Å². The van der Waals surface area contributed by atoms with E-state index in [2.05, 4.69) is 53.9 Å². The van der Waals surface area contributed by atoms with E-state index in [-0.39, 0.29) is 0 Å². The molecule has 0 atom stereocenters. The van der Waals surface area contributed by atoms with Crippen LogP contribution in [0.4, 0.5) is 0 Å². The molecule has 2 rings (SSSR count). The lowest BCUT2D eigenvalue weighted by atomic mass is 10.4. The molecule has 0 amide bonds. The number of thioether (sulfide) groups is 1. The summed E-state index contributed by atoms with van der Waals surface area (Å²) in [7, 11) is 0. The van der Waals surface area contributed by atoms with Gasteiger partial charge in [-0.3, -0.25) is 4.68 Å². The second kappa shape index (κ2) is 8.02. The first-order valence-corrected chi connectivity index (χ1v) is 7.78. The minimum absolute atomic E-state index is 0.868. The molecule has 1 aromatic heterocycles. The van der Waals surface area contributed by atoms with Crippen LogP contribution in [0.15, 0.2) is 47.5 Å². The van der Waals surface area contributed by atoms with E-state index in [1.165, 1.54) is 4.90 Å². The molecule has 0 aliphatic rings. The molecule has 0 saturated carbocycles. The van der Waals surface area contributed by atoms with Crippen LogP contribution in [0.25, 0.3) is 0 Å². The topological polar surface area (TPSA) is 29.9 Å². The molecule has 1 N–H and O–H groups in total. The summed E-state index contributed by atoms with van der Waals surface area (Å²) in [5.41, 5.74) is 1.12. The predicted molar refractivity (Wildman–Crippen MR) is 81.4 cm³/mol. The minimum Gasteiger partial charge on any atom is -0.311 e. The van der Waals surface area contributed by atoms with Crippen molar-refractivity contribution < 1.29 is 0 Å². The van der Waals surface area contributed by atoms with Gasteiger partial charge in [0.05, 0.1) is 12.2 Å². The Balaban J connectivity index is 1.71. The van der Waals surface area contributed by atoms with Crippen LogP contribution in [-0.4, -0.2) is 22.1 Å². The van der Waals surface area contributed by atoms with Gasteiger partial charge in [-0.05, 0) is 31.2 Å². The molecule has 1 aromatic carbocycles. The van der Waals surface area contributed by atoms with Crippen molar-refractivity contribution in [3.8, 4) is 0 Å². The van der Waals surface area contributed by atoms with Crippen LogP contribution in [0.1, 0.15) is 19.0 Å². The Morgan fingerprint density at radius 2 is 2.05 bits per heavy atom. The molecule has 1 heterocycles. The fourth-order valence-electron chi connectivity index (χ4n) is 1.79. The highest BCUT2D eigenvalue weighted by molar-refractivity contribution is 7.99. The third-order valence-corrected chi connectivity index (χ3v) is 3.75. The fourth-order valence-corrected chi connectivity index (χ4v) is 2.65. The zero-order valence-electron chi connectivity index (χ0n) is 11.4. The average molecular weight is 275 g/mol. The Bertz CT molecular complexity index is 467. The Kier molecular flexibility index (Phi) is 5.98. The van der Waals surface area contributed by atoms with E-state index in [1.54, 1.807) is 0 Å². The van der Waals surface area contributed by atoms with Crippen LogP contribution in [0, 0.1) is 0 Å². The summed E-state index contributed by atoms with van der Waals surface area (Å²) in [5.74, 6) is 1.05. The van der Waals surface area contributed by atoms with Crippen molar-refractivity contribution in [3.63, 3.8) is 0 Å². The van der Waals surface area contributed by atoms with Gasteiger partial charge < -0.3 is 5.32 Å². The molecule has 0 unspecified atom stereocenters. The molecule has 0 aliphatic heterocycles. The van der Waals surface area contributed by atoms with Crippen molar-refractivity contribution in [2.75, 3.05) is 12.3 Å². The van der Waals surface area contributed by atoms with Gasteiger partial charge >= 0.3 is 0 Å². The fraction of sp³-hybridized carbons (Fsp3) is 0.400. The number of rotatable bonds is 8. The molecular formula is C15H21N3S. The number of nitrogens with zero attached hydrogens (tertiary/aromatic N) is 2. The first-order valence-electron chi connectivity index (χ1n) is 6.79. The molecule has 0 bridgehead atoms. The summed E-state index contributed by atoms with van der Waals surface area (Å²) in [6, 6.07) is 12.6. The van der Waals surface area contributed by atoms with E-state index in [0.29, 0.717) is 0 Å². The Hall–Kier alpha value is -1.26. The maximum absolute atomic E-state index is 4.55. The summed E-state index contributed by atoms with van der Waals surface area (Å²) in [4.78, 5) is 1.32. The lowest BCUT2D eigenvalue weighted by Gasteiger charge is -2.02. The molecular weight excluding hydrogens is 254 g/mol. The lowest BCUT2D eigenvalue weighted by molar-refractivity contribution is 0.620. The van der Waals surface area contributed by atoms with Crippen LogP contribution in [0.5, 0.6) is 0 Å². The van der Waals surface area contributed by atoms with Crippen LogP contribution >= 0.6 is 11.8 Å². The van der Waals surface area contributed by atoms with Gasteiger partial charge in [-0.15, -0.1) is 11.8 Å². The van der Waals surface area contributed by atoms with Crippen molar-refractivity contribution in [1.82, 2.24) is 15.1 Å². The van der Waals surface area contributed by atoms with Crippen molar-refractivity contribution in [3.05, 3.63) is 48.3 Å². The van der Waals surface area contributed by atoms with Gasteiger partial charge in [-0.2, -0.15) is 5.10 Å². The highest BCUT2D eigenvalue weighted by Gasteiger charge is 1.99. The monoisotopic (exact) mass is 275 g/mol. The van der Waals surface area contributed by atoms with E-state index in [1.807, 2.05) is 22.5 Å². The van der Waals surface area contributed by atoms with Crippen LogP contribution in [0.3, 0.4) is 0 Å². The quantitative estimate of drug-likeness (QED) is 0.593. The smallest absolute Gasteiger partial charge is 0.0762 e. The lowest BCUT2D eigenvalue weighted by Crippen LogP contribution is -2.14. The number of aryl methyl sites for hydroxylation is 1. The molecule has 0 aliphatic carbocycles. The molecule has 0 spiro atoms. The molecule has 0 radical (unpaired) electrons. The molecule has 102 valence electrons. The summed E-state index contributed by atoms with van der Waals surface area (Å²) in [5, 5.41) is 7.92. The van der Waals surface area contributed by atoms with E-state index < -0.39 is 0 Å². The number of aromatic nitrogens is 2. The highest BCUT2D eigenvalue weighted by atomic mass is 32.2. The number of hydrogen-bond donors (Lipinski definition) is 1. The highest BCUT2D eigenvalue weighted by Crippen LogP contribution is 2.16. The summed E-state index contributed by atoms with van der Waals surface area (Å²) in [6.07, 6.45) is 3.23. The maximum atomic E-state index is 4.55. The Morgan fingerprint density at radius 3 is 2.84 bits per heavy atom. The molecule has 2 aromatic rings. The number of benzene rings is 1. The standard InChI is InChI=1S/C15H21N3S/c1-2-9-16-13-14-8-10-18(17-14)11-12-19-15-6-4-3-5-7-15/h3-8,10,16H,2,9,11-13H2,1H3. The second-order valence-electron chi connectivity index (χ2n) is 4.41. The zero-order chi connectivity index (χ0) is 13.3. The summed E-state index contributed by atoms with van der Waals surface area (Å²) < 4.78 is 2.03. The first kappa shape index (κ1) is 14.2. The van der Waals surface area contributed by atoms with Gasteiger partial charge in [-0.1, -0.05) is 25.1 Å². The van der Waals surface area contributed by atoms with Crippen molar-refractivity contribution >= 4 is 11.8 Å². The normalized spacial score (nSPS) is 10.8. The largest absolute Gasteiger partial charge is 0.311 e. The van der Waals surface area contributed by atoms with E-state index in [0.717, 1.165) is 37.5 Å². The van der Waals surface area contributed by atoms with Gasteiger partial charge in [0, 0.05) is 23.4 Å². The predicted octanol–water partition coefficient (Wildman–Crippen LogP) is 3.18. The average Bonchev–Trinajstić information content (AvgIpc) is 2.88. The molecule has 0 saturated heterocycles. The number of hydrogen-bond acceptors (Lipinski definition) is 3. The third-order valence-electron chi connectivity index (χ3n) is 2.76. The maximum Gasteiger partial charge on any atom is 0.0762 e. The summed E-state index contributed by atoms with van der Waals surface area (Å²) >= 11 is 1.87. The van der Waals surface area contributed by atoms with E-state index >= 15 is 0 Å². The van der Waals surface area contributed by atoms with E-state index in [4.69, 9.17) is 0 Å². The van der Waals surface area contributed by atoms with E-state index in [9.17, 15) is 0 Å². The van der Waals surface area contributed by atoms with Crippen molar-refractivity contribution in [2.45, 2.75) is 31.3 Å². The second-order valence-corrected chi connectivity index (χ2v) is 5.58. The van der Waals surface area contributed by atoms with Gasteiger partial charge in [0.15, 0.2) is 0 Å². The van der Waals surface area contributed by atoms with Gasteiger partial charge in [-0.25, -0.2) is 0 Å². The summed E-state index contributed by atoms with van der Waals surface area (Å²) in [6.45, 7) is 5.04. The van der Waals surface area contributed by atoms with Crippen LogP contribution in [-0.2, 0) is 13.1 Å². The van der Waals surface area contributed by atoms with Gasteiger partial charge in [0.25, 0.3) is 0 Å². The zero-order valence-corrected chi connectivity index (χ0v) is 12.2. The molecule has 3 nitrogen and oxygen atoms in total.